The van der Waals surface area contributed by atoms with Crippen molar-refractivity contribution in [2.24, 2.45) is 0 Å². The predicted octanol–water partition coefficient (Wildman–Crippen LogP) is 2.13. The number of aliphatic hydroxyl groups is 1. The number of phenols is 1. The van der Waals surface area contributed by atoms with Gasteiger partial charge in [-0.15, -0.1) is 0 Å². The summed E-state index contributed by atoms with van der Waals surface area (Å²) in [7, 11) is 0. The van der Waals surface area contributed by atoms with Gasteiger partial charge < -0.3 is 15.5 Å². The summed E-state index contributed by atoms with van der Waals surface area (Å²) in [5, 5.41) is 22.2. The lowest BCUT2D eigenvalue weighted by molar-refractivity contribution is 0.0757. The zero-order valence-electron chi connectivity index (χ0n) is 11.3. The number of hydrogen-bond donors (Lipinski definition) is 3. The molecule has 0 spiro atoms. The predicted molar refractivity (Wildman–Crippen MR) is 73.2 cm³/mol. The summed E-state index contributed by atoms with van der Waals surface area (Å²) in [6, 6.07) is 4.91. The van der Waals surface area contributed by atoms with E-state index < -0.39 is 5.54 Å². The van der Waals surface area contributed by atoms with E-state index in [1.165, 1.54) is 0 Å². The van der Waals surface area contributed by atoms with Crippen LogP contribution in [-0.4, -0.2) is 28.3 Å². The molecule has 104 valence electrons. The Bertz CT molecular complexity index is 464. The van der Waals surface area contributed by atoms with E-state index in [4.69, 9.17) is 0 Å². The summed E-state index contributed by atoms with van der Waals surface area (Å²) in [4.78, 5) is 12.3. The van der Waals surface area contributed by atoms with Gasteiger partial charge >= 0.3 is 0 Å². The molecule has 1 aromatic rings. The fourth-order valence-electron chi connectivity index (χ4n) is 2.73. The van der Waals surface area contributed by atoms with Crippen molar-refractivity contribution in [1.29, 1.82) is 0 Å². The Morgan fingerprint density at radius 1 is 1.32 bits per heavy atom. The number of nitrogens with one attached hydrogen (secondary N) is 1. The van der Waals surface area contributed by atoms with E-state index >= 15 is 0 Å². The number of rotatable bonds is 3. The van der Waals surface area contributed by atoms with Crippen molar-refractivity contribution in [3.8, 4) is 5.75 Å². The van der Waals surface area contributed by atoms with Gasteiger partial charge in [0, 0.05) is 11.1 Å². The normalized spacial score (nSPS) is 18.0. The molecule has 4 heteroatoms. The van der Waals surface area contributed by atoms with Gasteiger partial charge in [-0.25, -0.2) is 0 Å². The standard InChI is InChI=1S/C15H21NO3/c1-11-12(6-5-7-13(11)18)14(19)16-15(10-17)8-3-2-4-9-15/h5-7,17-18H,2-4,8-10H2,1H3,(H,16,19). The average Bonchev–Trinajstić information content (AvgIpc) is 2.42. The quantitative estimate of drug-likeness (QED) is 0.782. The molecule has 0 aromatic heterocycles. The van der Waals surface area contributed by atoms with Gasteiger partial charge in [0.05, 0.1) is 12.1 Å². The maximum atomic E-state index is 12.3. The van der Waals surface area contributed by atoms with Crippen molar-refractivity contribution >= 4 is 5.91 Å². The minimum absolute atomic E-state index is 0.0311. The van der Waals surface area contributed by atoms with Crippen LogP contribution in [0.3, 0.4) is 0 Å². The van der Waals surface area contributed by atoms with Crippen LogP contribution in [0.4, 0.5) is 0 Å². The molecule has 1 aromatic carbocycles. The molecule has 0 bridgehead atoms. The second-order valence-electron chi connectivity index (χ2n) is 5.40. The van der Waals surface area contributed by atoms with Crippen LogP contribution in [0.25, 0.3) is 0 Å². The van der Waals surface area contributed by atoms with Crippen LogP contribution >= 0.6 is 0 Å². The Hall–Kier alpha value is -1.55. The zero-order valence-corrected chi connectivity index (χ0v) is 11.3. The van der Waals surface area contributed by atoms with E-state index in [2.05, 4.69) is 5.32 Å². The Labute approximate surface area is 113 Å². The summed E-state index contributed by atoms with van der Waals surface area (Å²) in [5.41, 5.74) is 0.551. The van der Waals surface area contributed by atoms with E-state index in [1.807, 2.05) is 0 Å². The minimum atomic E-state index is -0.493. The first-order chi connectivity index (χ1) is 9.08. The zero-order chi connectivity index (χ0) is 13.9. The molecule has 4 nitrogen and oxygen atoms in total. The number of aliphatic hydroxyl groups excluding tert-OH is 1. The maximum absolute atomic E-state index is 12.3. The van der Waals surface area contributed by atoms with Crippen LogP contribution in [-0.2, 0) is 0 Å². The Kier molecular flexibility index (Phi) is 4.10. The fraction of sp³-hybridized carbons (Fsp3) is 0.533. The summed E-state index contributed by atoms with van der Waals surface area (Å²) < 4.78 is 0. The number of phenolic OH excluding ortho intramolecular Hbond substituents is 1. The van der Waals surface area contributed by atoms with Crippen molar-refractivity contribution in [3.63, 3.8) is 0 Å². The molecule has 1 fully saturated rings. The van der Waals surface area contributed by atoms with Gasteiger partial charge in [-0.3, -0.25) is 4.79 Å². The third-order valence-electron chi connectivity index (χ3n) is 4.04. The fourth-order valence-corrected chi connectivity index (χ4v) is 2.73. The van der Waals surface area contributed by atoms with Gasteiger partial charge in [0.25, 0.3) is 5.91 Å². The van der Waals surface area contributed by atoms with Gasteiger partial charge in [0.1, 0.15) is 5.75 Å². The van der Waals surface area contributed by atoms with E-state index in [0.29, 0.717) is 11.1 Å². The molecule has 0 atom stereocenters. The van der Waals surface area contributed by atoms with Crippen molar-refractivity contribution in [1.82, 2.24) is 5.32 Å². The van der Waals surface area contributed by atoms with Crippen molar-refractivity contribution < 1.29 is 15.0 Å². The van der Waals surface area contributed by atoms with Crippen LogP contribution in [0.5, 0.6) is 5.75 Å². The molecular weight excluding hydrogens is 242 g/mol. The SMILES string of the molecule is Cc1c(O)cccc1C(=O)NC1(CO)CCCCC1. The lowest BCUT2D eigenvalue weighted by Gasteiger charge is -2.36. The molecule has 3 N–H and O–H groups in total. The molecule has 0 unspecified atom stereocenters. The number of amides is 1. The van der Waals surface area contributed by atoms with Gasteiger partial charge in [-0.05, 0) is 31.9 Å². The second-order valence-corrected chi connectivity index (χ2v) is 5.40. The Morgan fingerprint density at radius 2 is 2.00 bits per heavy atom. The highest BCUT2D eigenvalue weighted by atomic mass is 16.3. The van der Waals surface area contributed by atoms with E-state index in [1.54, 1.807) is 25.1 Å². The van der Waals surface area contributed by atoms with Crippen LogP contribution in [0.2, 0.25) is 0 Å². The molecule has 1 aliphatic rings. The third kappa shape index (κ3) is 2.89. The van der Waals surface area contributed by atoms with Crippen LogP contribution in [0.1, 0.15) is 48.0 Å². The molecule has 0 aliphatic heterocycles. The number of hydrogen-bond acceptors (Lipinski definition) is 3. The lowest BCUT2D eigenvalue weighted by Crippen LogP contribution is -2.52. The van der Waals surface area contributed by atoms with E-state index in [9.17, 15) is 15.0 Å². The lowest BCUT2D eigenvalue weighted by atomic mass is 9.82. The summed E-state index contributed by atoms with van der Waals surface area (Å²) in [5.74, 6) is -0.0984. The van der Waals surface area contributed by atoms with Crippen LogP contribution in [0.15, 0.2) is 18.2 Å². The smallest absolute Gasteiger partial charge is 0.252 e. The van der Waals surface area contributed by atoms with E-state index in [-0.39, 0.29) is 18.3 Å². The maximum Gasteiger partial charge on any atom is 0.252 e. The molecule has 1 saturated carbocycles. The summed E-state index contributed by atoms with van der Waals surface area (Å²) in [6.07, 6.45) is 4.84. The highest BCUT2D eigenvalue weighted by Crippen LogP contribution is 2.29. The molecule has 1 amide bonds. The van der Waals surface area contributed by atoms with Crippen molar-refractivity contribution in [2.75, 3.05) is 6.61 Å². The van der Waals surface area contributed by atoms with E-state index in [0.717, 1.165) is 32.1 Å². The number of aromatic hydroxyl groups is 1. The number of benzene rings is 1. The molecule has 0 heterocycles. The topological polar surface area (TPSA) is 69.6 Å². The molecular formula is C15H21NO3. The minimum Gasteiger partial charge on any atom is -0.508 e. The first kappa shape index (κ1) is 13.9. The highest BCUT2D eigenvalue weighted by molar-refractivity contribution is 5.96. The number of carbonyl (C=O) groups is 1. The Morgan fingerprint density at radius 3 is 2.63 bits per heavy atom. The summed E-state index contributed by atoms with van der Waals surface area (Å²) in [6.45, 7) is 1.69. The van der Waals surface area contributed by atoms with Crippen molar-refractivity contribution in [3.05, 3.63) is 29.3 Å². The first-order valence-electron chi connectivity index (χ1n) is 6.80. The monoisotopic (exact) mass is 263 g/mol. The van der Waals surface area contributed by atoms with Crippen LogP contribution in [0, 0.1) is 6.92 Å². The highest BCUT2D eigenvalue weighted by Gasteiger charge is 2.33. The molecule has 0 radical (unpaired) electrons. The summed E-state index contributed by atoms with van der Waals surface area (Å²) >= 11 is 0. The van der Waals surface area contributed by atoms with Gasteiger partial charge in [0.15, 0.2) is 0 Å². The van der Waals surface area contributed by atoms with Crippen molar-refractivity contribution in [2.45, 2.75) is 44.6 Å². The second kappa shape index (κ2) is 5.61. The molecule has 1 aliphatic carbocycles. The molecule has 2 rings (SSSR count). The van der Waals surface area contributed by atoms with Gasteiger partial charge in [0.2, 0.25) is 0 Å². The third-order valence-corrected chi connectivity index (χ3v) is 4.04. The number of carbonyl (C=O) groups excluding carboxylic acids is 1. The average molecular weight is 263 g/mol. The largest absolute Gasteiger partial charge is 0.508 e. The Balaban J connectivity index is 2.17. The van der Waals surface area contributed by atoms with Crippen LogP contribution < -0.4 is 5.32 Å². The van der Waals surface area contributed by atoms with Gasteiger partial charge in [-0.2, -0.15) is 0 Å². The molecule has 0 saturated heterocycles. The molecule has 19 heavy (non-hydrogen) atoms. The van der Waals surface area contributed by atoms with Gasteiger partial charge in [-0.1, -0.05) is 25.3 Å². The first-order valence-corrected chi connectivity index (χ1v) is 6.80.